The molecule has 0 atom stereocenters. The number of aliphatic carboxylic acids is 2. The molecule has 27 heavy (non-hydrogen) atoms. The molecular formula is C10H17NO14S2. The number of aliphatic hydroxyl groups excluding tert-OH is 2. The maximum absolute atomic E-state index is 11.0. The van der Waals surface area contributed by atoms with Crippen LogP contribution in [0.1, 0.15) is 19.3 Å². The van der Waals surface area contributed by atoms with Gasteiger partial charge in [-0.05, 0) is 0 Å². The lowest BCUT2D eigenvalue weighted by Gasteiger charge is -2.17. The number of amides is 2. The van der Waals surface area contributed by atoms with Gasteiger partial charge in [-0.15, -0.1) is 0 Å². The van der Waals surface area contributed by atoms with E-state index in [1.807, 2.05) is 0 Å². The number of carbonyl (C=O) groups is 4. The van der Waals surface area contributed by atoms with Gasteiger partial charge in [0.2, 0.25) is 5.91 Å². The zero-order valence-corrected chi connectivity index (χ0v) is 14.9. The van der Waals surface area contributed by atoms with Gasteiger partial charge in [0.1, 0.15) is 0 Å². The van der Waals surface area contributed by atoms with Gasteiger partial charge >= 0.3 is 16.0 Å². The summed E-state index contributed by atoms with van der Waals surface area (Å²) in [7, 11) is -10.9. The number of nitrogens with one attached hydrogen (secondary N) is 1. The first-order valence-electron chi connectivity index (χ1n) is 6.50. The van der Waals surface area contributed by atoms with Crippen LogP contribution >= 0.6 is 0 Å². The summed E-state index contributed by atoms with van der Waals surface area (Å²) in [6.45, 7) is -0.250. The van der Waals surface area contributed by atoms with E-state index in [0.717, 1.165) is 0 Å². The number of carboxylic acid groups (broad SMARTS) is 2. The average molecular weight is 439 g/mol. The number of hydrogen-bond donors (Lipinski definition) is 7. The Hall–Kier alpha value is -2.18. The summed E-state index contributed by atoms with van der Waals surface area (Å²) >= 11 is 0. The van der Waals surface area contributed by atoms with Gasteiger partial charge in [-0.25, -0.2) is 0 Å². The Balaban J connectivity index is 0. The van der Waals surface area contributed by atoms with E-state index in [9.17, 15) is 36.0 Å². The molecule has 0 aromatic carbocycles. The molecule has 2 amide bonds. The van der Waals surface area contributed by atoms with Crippen molar-refractivity contribution in [2.75, 3.05) is 13.2 Å². The first-order valence-corrected chi connectivity index (χ1v) is 9.38. The third-order valence-corrected chi connectivity index (χ3v) is 6.07. The number of hydrogen-bond acceptors (Lipinski definition) is 10. The van der Waals surface area contributed by atoms with Crippen LogP contribution in [0.15, 0.2) is 0 Å². The Kier molecular flexibility index (Phi) is 10.9. The second-order valence-corrected chi connectivity index (χ2v) is 8.04. The van der Waals surface area contributed by atoms with E-state index in [1.54, 1.807) is 0 Å². The molecule has 1 fully saturated rings. The summed E-state index contributed by atoms with van der Waals surface area (Å²) < 4.78 is 56.7. The fourth-order valence-corrected chi connectivity index (χ4v) is 3.58. The molecule has 1 saturated heterocycles. The Bertz CT molecular complexity index is 720. The van der Waals surface area contributed by atoms with Crippen molar-refractivity contribution in [2.24, 2.45) is 0 Å². The molecule has 158 valence electrons. The highest BCUT2D eigenvalue weighted by molar-refractivity contribution is 8.06. The van der Waals surface area contributed by atoms with Crippen LogP contribution in [0.2, 0.25) is 0 Å². The second kappa shape index (κ2) is 10.8. The van der Waals surface area contributed by atoms with E-state index in [0.29, 0.717) is 0 Å². The normalized spacial score (nSPS) is 15.6. The lowest BCUT2D eigenvalue weighted by Crippen LogP contribution is -2.51. The summed E-state index contributed by atoms with van der Waals surface area (Å²) in [6, 6.07) is 0. The maximum atomic E-state index is 11.0. The summed E-state index contributed by atoms with van der Waals surface area (Å²) in [5, 5.41) is 32.4. The first-order chi connectivity index (χ1) is 12.1. The Morgan fingerprint density at radius 2 is 1.22 bits per heavy atom. The van der Waals surface area contributed by atoms with Crippen molar-refractivity contribution < 1.29 is 65.5 Å². The van der Waals surface area contributed by atoms with E-state index in [2.05, 4.69) is 0 Å². The summed E-state index contributed by atoms with van der Waals surface area (Å²) in [4.78, 5) is 40.9. The van der Waals surface area contributed by atoms with Crippen molar-refractivity contribution in [1.29, 1.82) is 0 Å². The van der Waals surface area contributed by atoms with Gasteiger partial charge in [-0.1, -0.05) is 0 Å². The highest BCUT2D eigenvalue weighted by atomic mass is 32.3. The fraction of sp³-hybridized carbons (Fsp3) is 0.600. The van der Waals surface area contributed by atoms with Crippen molar-refractivity contribution in [2.45, 2.75) is 23.3 Å². The Labute approximate surface area is 152 Å². The van der Waals surface area contributed by atoms with Gasteiger partial charge < -0.3 is 20.4 Å². The SMILES string of the molecule is O=C(O)CCC(=O)O.O=C1CC(S(=O)(=O)O)(S(=O)(=O)O)C(=O)N1.OCCO. The average Bonchev–Trinajstić information content (AvgIpc) is 2.81. The highest BCUT2D eigenvalue weighted by Gasteiger charge is 2.66. The highest BCUT2D eigenvalue weighted by Crippen LogP contribution is 2.31. The molecule has 0 unspecified atom stereocenters. The third-order valence-electron chi connectivity index (χ3n) is 2.48. The Morgan fingerprint density at radius 1 is 0.889 bits per heavy atom. The number of carbonyl (C=O) groups excluding carboxylic acids is 2. The molecule has 7 N–H and O–H groups in total. The van der Waals surface area contributed by atoms with Crippen LogP contribution in [0.4, 0.5) is 0 Å². The zero-order valence-electron chi connectivity index (χ0n) is 13.3. The maximum Gasteiger partial charge on any atom is 0.308 e. The van der Waals surface area contributed by atoms with Crippen molar-refractivity contribution in [3.8, 4) is 0 Å². The van der Waals surface area contributed by atoms with Crippen LogP contribution in [-0.2, 0) is 39.4 Å². The lowest BCUT2D eigenvalue weighted by atomic mass is 10.3. The first kappa shape index (κ1) is 27.0. The molecule has 0 aliphatic carbocycles. The predicted molar refractivity (Wildman–Crippen MR) is 82.3 cm³/mol. The van der Waals surface area contributed by atoms with Crippen molar-refractivity contribution in [3.63, 3.8) is 0 Å². The quantitative estimate of drug-likeness (QED) is 0.156. The van der Waals surface area contributed by atoms with Gasteiger partial charge in [0, 0.05) is 0 Å². The molecular weight excluding hydrogens is 422 g/mol. The fourth-order valence-electron chi connectivity index (χ4n) is 1.32. The summed E-state index contributed by atoms with van der Waals surface area (Å²) in [6.07, 6.45) is -1.96. The van der Waals surface area contributed by atoms with Crippen LogP contribution in [0.5, 0.6) is 0 Å². The van der Waals surface area contributed by atoms with E-state index in [-0.39, 0.29) is 26.1 Å². The third kappa shape index (κ3) is 8.37. The minimum Gasteiger partial charge on any atom is -0.481 e. The Morgan fingerprint density at radius 3 is 1.33 bits per heavy atom. The summed E-state index contributed by atoms with van der Waals surface area (Å²) in [5.41, 5.74) is 0. The van der Waals surface area contributed by atoms with Gasteiger partial charge in [-0.3, -0.25) is 33.6 Å². The molecule has 1 rings (SSSR count). The second-order valence-electron chi connectivity index (χ2n) is 4.49. The standard InChI is InChI=1S/C4H5NO8S2.C4H6O4.C2H6O2/c6-2-1-4(3(7)5-2,14(8,9)10)15(11,12)13;5-3(6)1-2-4(7)8;3-1-2-4/h1H2,(H,5,6,7)(H,8,9,10)(H,11,12,13);1-2H2,(H,5,6)(H,7,8);3-4H,1-2H2. The van der Waals surface area contributed by atoms with E-state index >= 15 is 0 Å². The van der Waals surface area contributed by atoms with Crippen LogP contribution < -0.4 is 5.32 Å². The monoisotopic (exact) mass is 439 g/mol. The van der Waals surface area contributed by atoms with Gasteiger partial charge in [0.25, 0.3) is 26.1 Å². The van der Waals surface area contributed by atoms with E-state index in [1.165, 1.54) is 5.32 Å². The molecule has 0 spiro atoms. The van der Waals surface area contributed by atoms with Gasteiger partial charge in [-0.2, -0.15) is 16.8 Å². The molecule has 0 bridgehead atoms. The minimum absolute atomic E-state index is 0.125. The molecule has 1 aliphatic heterocycles. The van der Waals surface area contributed by atoms with E-state index < -0.39 is 54.5 Å². The van der Waals surface area contributed by atoms with Gasteiger partial charge in [0.05, 0.1) is 32.5 Å². The van der Waals surface area contributed by atoms with Crippen LogP contribution in [0, 0.1) is 0 Å². The lowest BCUT2D eigenvalue weighted by molar-refractivity contribution is -0.143. The smallest absolute Gasteiger partial charge is 0.308 e. The predicted octanol–water partition coefficient (Wildman–Crippen LogP) is -3.59. The number of imide groups is 1. The minimum atomic E-state index is -5.47. The van der Waals surface area contributed by atoms with Crippen molar-refractivity contribution in [1.82, 2.24) is 5.32 Å². The summed E-state index contributed by atoms with van der Waals surface area (Å²) in [5.74, 6) is -5.17. The molecule has 0 saturated carbocycles. The molecule has 0 aromatic heterocycles. The van der Waals surface area contributed by atoms with Crippen LogP contribution in [-0.4, -0.2) is 87.4 Å². The van der Waals surface area contributed by atoms with Crippen LogP contribution in [0.3, 0.4) is 0 Å². The van der Waals surface area contributed by atoms with Crippen molar-refractivity contribution in [3.05, 3.63) is 0 Å². The molecule has 17 heteroatoms. The molecule has 1 heterocycles. The molecule has 1 aliphatic rings. The van der Waals surface area contributed by atoms with Crippen molar-refractivity contribution >= 4 is 44.0 Å². The number of aliphatic hydroxyl groups is 2. The molecule has 0 radical (unpaired) electrons. The molecule has 0 aromatic rings. The van der Waals surface area contributed by atoms with Gasteiger partial charge in [0.15, 0.2) is 0 Å². The largest absolute Gasteiger partial charge is 0.481 e. The van der Waals surface area contributed by atoms with E-state index in [4.69, 9.17) is 29.5 Å². The zero-order chi connectivity index (χ0) is 22.1. The topological polar surface area (TPSA) is 270 Å². The molecule has 15 nitrogen and oxygen atoms in total. The number of carboxylic acids is 2. The number of rotatable bonds is 6. The van der Waals surface area contributed by atoms with Crippen LogP contribution in [0.25, 0.3) is 0 Å².